The highest BCUT2D eigenvalue weighted by Gasteiger charge is 2.56. The molecule has 0 nitrogen and oxygen atoms in total. The first kappa shape index (κ1) is 13.2. The van der Waals surface area contributed by atoms with Crippen LogP contribution in [0.1, 0.15) is 68.2 Å². The second kappa shape index (κ2) is 3.39. The Morgan fingerprint density at radius 3 is 1.82 bits per heavy atom. The van der Waals surface area contributed by atoms with Gasteiger partial charge >= 0.3 is 0 Å². The molecule has 17 heavy (non-hydrogen) atoms. The molecule has 98 valence electrons. The Morgan fingerprint density at radius 1 is 0.941 bits per heavy atom. The molecular formula is C17H30. The number of allylic oxidation sites excluding steroid dienone is 2. The van der Waals surface area contributed by atoms with Gasteiger partial charge in [-0.25, -0.2) is 0 Å². The van der Waals surface area contributed by atoms with E-state index >= 15 is 0 Å². The molecule has 1 saturated carbocycles. The molecule has 2 bridgehead atoms. The maximum Gasteiger partial charge on any atom is -0.0138 e. The first-order valence-corrected chi connectivity index (χ1v) is 7.19. The van der Waals surface area contributed by atoms with Crippen LogP contribution in [-0.4, -0.2) is 0 Å². The van der Waals surface area contributed by atoms with Crippen LogP contribution in [0.15, 0.2) is 11.1 Å². The summed E-state index contributed by atoms with van der Waals surface area (Å²) in [5.74, 6) is 1.78. The van der Waals surface area contributed by atoms with E-state index < -0.39 is 0 Å². The molecule has 2 unspecified atom stereocenters. The minimum Gasteiger partial charge on any atom is -0.0645 e. The van der Waals surface area contributed by atoms with Gasteiger partial charge in [0, 0.05) is 0 Å². The summed E-state index contributed by atoms with van der Waals surface area (Å²) in [6, 6.07) is 0. The van der Waals surface area contributed by atoms with E-state index in [0.29, 0.717) is 16.2 Å². The van der Waals surface area contributed by atoms with Crippen LogP contribution in [-0.2, 0) is 0 Å². The molecule has 0 N–H and O–H groups in total. The zero-order valence-corrected chi connectivity index (χ0v) is 13.1. The van der Waals surface area contributed by atoms with Crippen molar-refractivity contribution < 1.29 is 0 Å². The van der Waals surface area contributed by atoms with Crippen molar-refractivity contribution in [3.63, 3.8) is 0 Å². The maximum atomic E-state index is 2.48. The number of fused-ring (bicyclic) bond motifs is 1. The third-order valence-electron chi connectivity index (χ3n) is 5.31. The summed E-state index contributed by atoms with van der Waals surface area (Å²) >= 11 is 0. The van der Waals surface area contributed by atoms with Crippen molar-refractivity contribution in [2.75, 3.05) is 0 Å². The molecule has 3 aliphatic carbocycles. The van der Waals surface area contributed by atoms with Crippen LogP contribution >= 0.6 is 0 Å². The second-order valence-electron chi connectivity index (χ2n) is 8.90. The van der Waals surface area contributed by atoms with Gasteiger partial charge < -0.3 is 0 Å². The lowest BCUT2D eigenvalue weighted by atomic mass is 9.43. The Morgan fingerprint density at radius 2 is 1.47 bits per heavy atom. The molecule has 0 aromatic heterocycles. The standard InChI is InChI=1S/C17H30/c1-15(2,3)12-9-11-10-13(17(11,7)8)14(12)16(4,5)6/h11,13H,9-10H2,1-8H3. The molecule has 0 saturated heterocycles. The molecule has 0 radical (unpaired) electrons. The molecule has 0 amide bonds. The highest BCUT2D eigenvalue weighted by atomic mass is 14.6. The third kappa shape index (κ3) is 1.88. The van der Waals surface area contributed by atoms with Gasteiger partial charge in [-0.3, -0.25) is 0 Å². The van der Waals surface area contributed by atoms with Crippen LogP contribution in [0.25, 0.3) is 0 Å². The fourth-order valence-electron chi connectivity index (χ4n) is 4.10. The Kier molecular flexibility index (Phi) is 2.63. The molecule has 3 rings (SSSR count). The number of rotatable bonds is 0. The smallest absolute Gasteiger partial charge is 0.0138 e. The maximum absolute atomic E-state index is 2.48. The van der Waals surface area contributed by atoms with E-state index in [4.69, 9.17) is 0 Å². The number of hydrogen-bond acceptors (Lipinski definition) is 0. The Labute approximate surface area is 108 Å². The average molecular weight is 234 g/mol. The summed E-state index contributed by atoms with van der Waals surface area (Å²) in [6.07, 6.45) is 2.79. The van der Waals surface area contributed by atoms with E-state index in [1.165, 1.54) is 12.8 Å². The summed E-state index contributed by atoms with van der Waals surface area (Å²) < 4.78 is 0. The molecule has 0 heteroatoms. The lowest BCUT2D eigenvalue weighted by Gasteiger charge is -2.61. The Balaban J connectivity index is 2.53. The van der Waals surface area contributed by atoms with E-state index in [0.717, 1.165) is 11.8 Å². The van der Waals surface area contributed by atoms with Gasteiger partial charge in [0.25, 0.3) is 0 Å². The van der Waals surface area contributed by atoms with Gasteiger partial charge in [-0.2, -0.15) is 0 Å². The Hall–Kier alpha value is -0.260. The van der Waals surface area contributed by atoms with Crippen LogP contribution < -0.4 is 0 Å². The van der Waals surface area contributed by atoms with Gasteiger partial charge in [-0.15, -0.1) is 0 Å². The summed E-state index contributed by atoms with van der Waals surface area (Å²) in [5.41, 5.74) is 4.81. The molecule has 1 fully saturated rings. The third-order valence-corrected chi connectivity index (χ3v) is 5.31. The molecule has 0 aromatic rings. The van der Waals surface area contributed by atoms with E-state index in [2.05, 4.69) is 55.4 Å². The lowest BCUT2D eigenvalue weighted by molar-refractivity contribution is -0.0276. The summed E-state index contributed by atoms with van der Waals surface area (Å²) in [4.78, 5) is 0. The van der Waals surface area contributed by atoms with Crippen LogP contribution in [0.5, 0.6) is 0 Å². The number of hydrogen-bond donors (Lipinski definition) is 0. The lowest BCUT2D eigenvalue weighted by Crippen LogP contribution is -2.52. The summed E-state index contributed by atoms with van der Waals surface area (Å²) in [6.45, 7) is 19.4. The molecule has 0 spiro atoms. The van der Waals surface area contributed by atoms with Crippen molar-refractivity contribution in [1.29, 1.82) is 0 Å². The zero-order chi connectivity index (χ0) is 13.2. The van der Waals surface area contributed by atoms with Crippen molar-refractivity contribution in [2.24, 2.45) is 28.1 Å². The molecule has 0 aliphatic heterocycles. The van der Waals surface area contributed by atoms with Gasteiger partial charge in [-0.05, 0) is 40.9 Å². The van der Waals surface area contributed by atoms with E-state index in [9.17, 15) is 0 Å². The van der Waals surface area contributed by atoms with E-state index in [1.54, 1.807) is 11.1 Å². The highest BCUT2D eigenvalue weighted by molar-refractivity contribution is 5.36. The van der Waals surface area contributed by atoms with Gasteiger partial charge in [0.05, 0.1) is 0 Å². The van der Waals surface area contributed by atoms with Crippen molar-refractivity contribution in [1.82, 2.24) is 0 Å². The molecule has 0 aromatic carbocycles. The summed E-state index contributed by atoms with van der Waals surface area (Å²) in [7, 11) is 0. The van der Waals surface area contributed by atoms with Crippen molar-refractivity contribution in [3.8, 4) is 0 Å². The van der Waals surface area contributed by atoms with Crippen molar-refractivity contribution in [2.45, 2.75) is 68.2 Å². The summed E-state index contributed by atoms with van der Waals surface area (Å²) in [5, 5.41) is 0. The fourth-order valence-corrected chi connectivity index (χ4v) is 4.10. The zero-order valence-electron chi connectivity index (χ0n) is 13.1. The monoisotopic (exact) mass is 234 g/mol. The van der Waals surface area contributed by atoms with Gasteiger partial charge in [0.15, 0.2) is 0 Å². The molecular weight excluding hydrogens is 204 g/mol. The minimum absolute atomic E-state index is 0.343. The van der Waals surface area contributed by atoms with Crippen LogP contribution in [0, 0.1) is 28.1 Å². The normalized spacial score (nSPS) is 32.5. The largest absolute Gasteiger partial charge is 0.0645 e. The average Bonchev–Trinajstić information content (AvgIpc) is 2.13. The minimum atomic E-state index is 0.343. The van der Waals surface area contributed by atoms with Crippen LogP contribution in [0.3, 0.4) is 0 Å². The Bertz CT molecular complexity index is 354. The van der Waals surface area contributed by atoms with E-state index in [1.807, 2.05) is 0 Å². The predicted octanol–water partition coefficient (Wildman–Crippen LogP) is 5.44. The van der Waals surface area contributed by atoms with Crippen molar-refractivity contribution in [3.05, 3.63) is 11.1 Å². The van der Waals surface area contributed by atoms with Crippen LogP contribution in [0.2, 0.25) is 0 Å². The van der Waals surface area contributed by atoms with Gasteiger partial charge in [0.1, 0.15) is 0 Å². The topological polar surface area (TPSA) is 0 Å². The molecule has 2 atom stereocenters. The van der Waals surface area contributed by atoms with E-state index in [-0.39, 0.29) is 0 Å². The van der Waals surface area contributed by atoms with Crippen molar-refractivity contribution >= 4 is 0 Å². The van der Waals surface area contributed by atoms with Crippen LogP contribution in [0.4, 0.5) is 0 Å². The quantitative estimate of drug-likeness (QED) is 0.489. The first-order chi connectivity index (χ1) is 7.45. The molecule has 3 aliphatic rings. The molecule has 0 heterocycles. The SMILES string of the molecule is CC(C)(C)C1=C(C(C)(C)C)C2CC(C1)C2(C)C. The highest BCUT2D eigenvalue weighted by Crippen LogP contribution is 2.65. The second-order valence-corrected chi connectivity index (χ2v) is 8.90. The predicted molar refractivity (Wildman–Crippen MR) is 75.9 cm³/mol. The fraction of sp³-hybridized carbons (Fsp3) is 0.882. The van der Waals surface area contributed by atoms with Gasteiger partial charge in [0.2, 0.25) is 0 Å². The first-order valence-electron chi connectivity index (χ1n) is 7.19. The van der Waals surface area contributed by atoms with Gasteiger partial charge in [-0.1, -0.05) is 66.5 Å².